The van der Waals surface area contributed by atoms with Gasteiger partial charge in [0, 0.05) is 0 Å². The molecule has 0 unspecified atom stereocenters. The van der Waals surface area contributed by atoms with Crippen LogP contribution in [0.3, 0.4) is 0 Å². The van der Waals surface area contributed by atoms with Gasteiger partial charge in [-0.25, -0.2) is 0 Å². The Kier molecular flexibility index (Phi) is 4.92. The van der Waals surface area contributed by atoms with Crippen LogP contribution in [-0.4, -0.2) is 24.1 Å². The lowest BCUT2D eigenvalue weighted by molar-refractivity contribution is -0.138. The molecule has 0 bridgehead atoms. The van der Waals surface area contributed by atoms with Crippen molar-refractivity contribution in [3.05, 3.63) is 52.4 Å². The van der Waals surface area contributed by atoms with Gasteiger partial charge in [-0.3, -0.25) is 14.9 Å². The smallest absolute Gasteiger partial charge is 0.419 e. The van der Waals surface area contributed by atoms with Gasteiger partial charge in [0.15, 0.2) is 11.5 Å². The number of ether oxygens (including phenoxy) is 1. The fourth-order valence-electron chi connectivity index (χ4n) is 2.26. The molecule has 3 rings (SSSR count). The Bertz CT molecular complexity index is 975. The Morgan fingerprint density at radius 2 is 1.81 bits per heavy atom. The van der Waals surface area contributed by atoms with E-state index in [0.717, 1.165) is 12.1 Å². The fourth-order valence-corrected chi connectivity index (χ4v) is 2.94. The van der Waals surface area contributed by atoms with E-state index in [1.165, 1.54) is 30.3 Å². The molecule has 2 aromatic rings. The first kappa shape index (κ1) is 18.9. The number of aromatic hydroxyl groups is 1. The van der Waals surface area contributed by atoms with Crippen molar-refractivity contribution >= 4 is 42.3 Å². The molecule has 1 aliphatic rings. The zero-order chi connectivity index (χ0) is 19.8. The molecule has 0 aliphatic carbocycles. The van der Waals surface area contributed by atoms with Crippen molar-refractivity contribution in [2.45, 2.75) is 6.18 Å². The Morgan fingerprint density at radius 1 is 1.11 bits per heavy atom. The van der Waals surface area contributed by atoms with E-state index >= 15 is 0 Å². The molecule has 27 heavy (non-hydrogen) atoms. The first-order valence-corrected chi connectivity index (χ1v) is 8.17. The lowest BCUT2D eigenvalue weighted by Gasteiger charge is -2.15. The molecule has 1 fully saturated rings. The predicted molar refractivity (Wildman–Crippen MR) is 94.1 cm³/mol. The van der Waals surface area contributed by atoms with E-state index in [-0.39, 0.29) is 16.1 Å². The van der Waals surface area contributed by atoms with Crippen molar-refractivity contribution in [2.75, 3.05) is 0 Å². The van der Waals surface area contributed by atoms with E-state index in [4.69, 9.17) is 12.6 Å². The number of hydrogen-bond acceptors (Lipinski definition) is 5. The summed E-state index contributed by atoms with van der Waals surface area (Å²) in [6.07, 6.45) is -3.33. The van der Waals surface area contributed by atoms with Gasteiger partial charge in [0.1, 0.15) is 13.6 Å². The number of carbonyl (C=O) groups is 2. The third kappa shape index (κ3) is 4.28. The van der Waals surface area contributed by atoms with Gasteiger partial charge in [-0.15, -0.1) is 0 Å². The first-order valence-electron chi connectivity index (χ1n) is 7.36. The summed E-state index contributed by atoms with van der Waals surface area (Å²) in [5.74, 6) is -1.74. The molecule has 1 saturated heterocycles. The number of nitrogens with one attached hydrogen (secondary N) is 1. The molecule has 0 spiro atoms. The van der Waals surface area contributed by atoms with E-state index in [0.29, 0.717) is 17.3 Å². The van der Waals surface area contributed by atoms with Crippen molar-refractivity contribution in [1.82, 2.24) is 5.32 Å². The molecule has 5 nitrogen and oxygen atoms in total. The average molecular weight is 391 g/mol. The number of thioether (sulfide) groups is 1. The minimum atomic E-state index is -4.69. The van der Waals surface area contributed by atoms with Crippen LogP contribution in [0.15, 0.2) is 41.3 Å². The highest BCUT2D eigenvalue weighted by Gasteiger charge is 2.34. The highest BCUT2D eigenvalue weighted by atomic mass is 32.2. The lowest BCUT2D eigenvalue weighted by atomic mass is 9.94. The summed E-state index contributed by atoms with van der Waals surface area (Å²) >= 11 is 0.699. The highest BCUT2D eigenvalue weighted by Crippen LogP contribution is 2.40. The van der Waals surface area contributed by atoms with Crippen LogP contribution in [0.2, 0.25) is 0 Å². The summed E-state index contributed by atoms with van der Waals surface area (Å²) < 4.78 is 44.6. The van der Waals surface area contributed by atoms with Gasteiger partial charge < -0.3 is 9.84 Å². The summed E-state index contributed by atoms with van der Waals surface area (Å²) in [4.78, 5) is 22.8. The molecule has 136 valence electrons. The minimum absolute atomic E-state index is 0.0808. The number of halogens is 3. The second kappa shape index (κ2) is 7.03. The van der Waals surface area contributed by atoms with E-state index in [9.17, 15) is 27.9 Å². The van der Waals surface area contributed by atoms with Crippen molar-refractivity contribution in [3.63, 3.8) is 0 Å². The minimum Gasteiger partial charge on any atom is -0.504 e. The Labute approximate surface area is 156 Å². The van der Waals surface area contributed by atoms with Crippen LogP contribution in [0, 0.1) is 0 Å². The lowest BCUT2D eigenvalue weighted by Crippen LogP contribution is -2.17. The zero-order valence-corrected chi connectivity index (χ0v) is 14.1. The van der Waals surface area contributed by atoms with E-state index in [2.05, 4.69) is 5.32 Å². The Hall–Kier alpha value is -2.88. The highest BCUT2D eigenvalue weighted by molar-refractivity contribution is 8.18. The summed E-state index contributed by atoms with van der Waals surface area (Å²) in [7, 11) is 5.40. The summed E-state index contributed by atoms with van der Waals surface area (Å²) in [6.45, 7) is 0. The number of hydrogen-bond donors (Lipinski definition) is 2. The van der Waals surface area contributed by atoms with Gasteiger partial charge in [0.25, 0.3) is 11.1 Å². The zero-order valence-electron chi connectivity index (χ0n) is 13.3. The van der Waals surface area contributed by atoms with Gasteiger partial charge in [0.05, 0.1) is 10.5 Å². The van der Waals surface area contributed by atoms with Gasteiger partial charge in [-0.2, -0.15) is 13.2 Å². The van der Waals surface area contributed by atoms with Gasteiger partial charge >= 0.3 is 6.18 Å². The normalized spacial score (nSPS) is 15.9. The maximum atomic E-state index is 13.1. The van der Waals surface area contributed by atoms with Crippen molar-refractivity contribution in [3.8, 4) is 17.2 Å². The summed E-state index contributed by atoms with van der Waals surface area (Å²) in [5.41, 5.74) is -0.797. The Balaban J connectivity index is 1.89. The third-order valence-corrected chi connectivity index (χ3v) is 4.26. The molecule has 2 amide bonds. The van der Waals surface area contributed by atoms with E-state index < -0.39 is 34.4 Å². The summed E-state index contributed by atoms with van der Waals surface area (Å²) in [5, 5.41) is 11.6. The molecule has 0 atom stereocenters. The van der Waals surface area contributed by atoms with Crippen LogP contribution in [0.5, 0.6) is 17.2 Å². The van der Waals surface area contributed by atoms with Crippen molar-refractivity contribution in [2.24, 2.45) is 0 Å². The van der Waals surface area contributed by atoms with Crippen LogP contribution < -0.4 is 15.5 Å². The molecule has 2 radical (unpaired) electrons. The number of benzene rings is 2. The van der Waals surface area contributed by atoms with Crippen LogP contribution in [0.25, 0.3) is 6.08 Å². The second-order valence-corrected chi connectivity index (χ2v) is 6.45. The predicted octanol–water partition coefficient (Wildman–Crippen LogP) is 3.32. The van der Waals surface area contributed by atoms with Crippen LogP contribution in [0.1, 0.15) is 11.1 Å². The quantitative estimate of drug-likeness (QED) is 0.620. The molecule has 10 heteroatoms. The third-order valence-electron chi connectivity index (χ3n) is 3.45. The molecule has 1 heterocycles. The molecule has 0 aromatic heterocycles. The number of carbonyl (C=O) groups excluding carboxylic acids is 2. The standard InChI is InChI=1S/C17H9BF3NO4S/c18-9-2-4-12(10(7-9)17(19,20)21)26-13-3-1-8(5-11(13)23)6-14-15(24)22-16(25)27-14/h1-7,23H,(H,22,24,25)/b14-6-. The fraction of sp³-hybridized carbons (Fsp3) is 0.0588. The number of amides is 2. The van der Waals surface area contributed by atoms with Gasteiger partial charge in [-0.05, 0) is 41.6 Å². The number of alkyl halides is 3. The molecule has 1 aliphatic heterocycles. The number of rotatable bonds is 3. The summed E-state index contributed by atoms with van der Waals surface area (Å²) in [6, 6.07) is 6.90. The Morgan fingerprint density at radius 3 is 2.41 bits per heavy atom. The molecule has 0 saturated carbocycles. The van der Waals surface area contributed by atoms with E-state index in [1.807, 2.05) is 0 Å². The number of imide groups is 1. The van der Waals surface area contributed by atoms with E-state index in [1.54, 1.807) is 0 Å². The van der Waals surface area contributed by atoms with Gasteiger partial charge in [-0.1, -0.05) is 23.7 Å². The average Bonchev–Trinajstić information content (AvgIpc) is 2.88. The number of phenols is 1. The van der Waals surface area contributed by atoms with Crippen LogP contribution in [-0.2, 0) is 11.0 Å². The first-order chi connectivity index (χ1) is 12.6. The van der Waals surface area contributed by atoms with Crippen molar-refractivity contribution < 1.29 is 32.6 Å². The maximum absolute atomic E-state index is 13.1. The SMILES string of the molecule is [B]c1ccc(Oc2ccc(/C=C3\SC(=O)NC3=O)cc2O)c(C(F)(F)F)c1. The monoisotopic (exact) mass is 391 g/mol. The molecular formula is C17H9BF3NO4S. The van der Waals surface area contributed by atoms with Crippen LogP contribution >= 0.6 is 11.8 Å². The van der Waals surface area contributed by atoms with Crippen molar-refractivity contribution in [1.29, 1.82) is 0 Å². The van der Waals surface area contributed by atoms with Gasteiger partial charge in [0.2, 0.25) is 0 Å². The molecule has 2 N–H and O–H groups in total. The number of phenolic OH excluding ortho intramolecular Hbond substituents is 1. The topological polar surface area (TPSA) is 75.6 Å². The molecule has 2 aromatic carbocycles. The van der Waals surface area contributed by atoms with Crippen LogP contribution in [0.4, 0.5) is 18.0 Å². The molecular weight excluding hydrogens is 382 g/mol. The largest absolute Gasteiger partial charge is 0.504 e. The second-order valence-electron chi connectivity index (χ2n) is 5.43. The maximum Gasteiger partial charge on any atom is 0.419 e.